The molecular formula is C18H23FN4O2. The normalized spacial score (nSPS) is 16.7. The van der Waals surface area contributed by atoms with E-state index in [1.807, 2.05) is 6.92 Å². The Bertz CT molecular complexity index is 720. The Morgan fingerprint density at radius 1 is 1.24 bits per heavy atom. The van der Waals surface area contributed by atoms with Crippen LogP contribution in [0.2, 0.25) is 0 Å². The molecule has 25 heavy (non-hydrogen) atoms. The lowest BCUT2D eigenvalue weighted by atomic mass is 10.0. The molecule has 7 heteroatoms. The molecule has 1 atom stereocenters. The molecule has 1 aromatic carbocycles. The number of hydrogen-bond donors (Lipinski definition) is 1. The van der Waals surface area contributed by atoms with E-state index in [1.165, 1.54) is 12.1 Å². The fraction of sp³-hybridized carbons (Fsp3) is 0.444. The molecule has 1 aromatic heterocycles. The molecule has 1 saturated heterocycles. The minimum absolute atomic E-state index is 0.277. The minimum atomic E-state index is -0.625. The van der Waals surface area contributed by atoms with E-state index in [2.05, 4.69) is 19.8 Å². The molecule has 0 spiro atoms. The quantitative estimate of drug-likeness (QED) is 0.891. The predicted octanol–water partition coefficient (Wildman–Crippen LogP) is 1.79. The minimum Gasteiger partial charge on any atom is -0.481 e. The van der Waals surface area contributed by atoms with Crippen LogP contribution in [0.1, 0.15) is 17.2 Å². The maximum Gasteiger partial charge on any atom is 0.228 e. The zero-order valence-corrected chi connectivity index (χ0v) is 14.5. The summed E-state index contributed by atoms with van der Waals surface area (Å²) in [5, 5.41) is 10.5. The van der Waals surface area contributed by atoms with Crippen molar-refractivity contribution in [2.75, 3.05) is 44.7 Å². The van der Waals surface area contributed by atoms with E-state index >= 15 is 0 Å². The van der Waals surface area contributed by atoms with Gasteiger partial charge in [-0.3, -0.25) is 4.90 Å². The summed E-state index contributed by atoms with van der Waals surface area (Å²) in [5.41, 5.74) is 1.55. The van der Waals surface area contributed by atoms with Crippen molar-refractivity contribution in [3.8, 4) is 5.88 Å². The number of hydrogen-bond acceptors (Lipinski definition) is 6. The van der Waals surface area contributed by atoms with Crippen molar-refractivity contribution in [2.24, 2.45) is 0 Å². The summed E-state index contributed by atoms with van der Waals surface area (Å²) >= 11 is 0. The molecule has 1 unspecified atom stereocenters. The van der Waals surface area contributed by atoms with E-state index in [1.54, 1.807) is 25.4 Å². The highest BCUT2D eigenvalue weighted by molar-refractivity contribution is 5.33. The number of β-amino-alcohol motifs (C(OH)–C–C–N with tert-alkyl or cyclic N) is 1. The topological polar surface area (TPSA) is 61.7 Å². The van der Waals surface area contributed by atoms with Crippen LogP contribution >= 0.6 is 0 Å². The third-order valence-corrected chi connectivity index (χ3v) is 4.50. The Kier molecular flexibility index (Phi) is 5.45. The molecule has 1 aliphatic heterocycles. The van der Waals surface area contributed by atoms with Crippen LogP contribution in [0.5, 0.6) is 5.88 Å². The molecule has 1 fully saturated rings. The molecule has 2 aromatic rings. The summed E-state index contributed by atoms with van der Waals surface area (Å²) in [6.07, 6.45) is 1.06. The van der Waals surface area contributed by atoms with Gasteiger partial charge in [0.1, 0.15) is 5.82 Å². The Morgan fingerprint density at radius 3 is 2.68 bits per heavy atom. The first-order chi connectivity index (χ1) is 12.1. The molecule has 3 rings (SSSR count). The van der Waals surface area contributed by atoms with Crippen LogP contribution in [-0.2, 0) is 0 Å². The Morgan fingerprint density at radius 2 is 2.00 bits per heavy atom. The first-order valence-corrected chi connectivity index (χ1v) is 8.35. The van der Waals surface area contributed by atoms with Gasteiger partial charge in [0.15, 0.2) is 0 Å². The molecule has 0 bridgehead atoms. The lowest BCUT2D eigenvalue weighted by Gasteiger charge is -2.35. The first-order valence-electron chi connectivity index (χ1n) is 8.35. The molecule has 0 saturated carbocycles. The summed E-state index contributed by atoms with van der Waals surface area (Å²) < 4.78 is 18.3. The predicted molar refractivity (Wildman–Crippen MR) is 93.3 cm³/mol. The molecule has 1 N–H and O–H groups in total. The average Bonchev–Trinajstić information content (AvgIpc) is 2.62. The molecule has 0 radical (unpaired) electrons. The lowest BCUT2D eigenvalue weighted by Crippen LogP contribution is -2.48. The number of benzene rings is 1. The molecule has 1 aliphatic rings. The maximum absolute atomic E-state index is 13.2. The highest BCUT2D eigenvalue weighted by Gasteiger charge is 2.22. The number of piperazine rings is 1. The van der Waals surface area contributed by atoms with Gasteiger partial charge in [0, 0.05) is 45.0 Å². The van der Waals surface area contributed by atoms with Crippen LogP contribution in [-0.4, -0.2) is 59.8 Å². The zero-order valence-electron chi connectivity index (χ0n) is 14.5. The lowest BCUT2D eigenvalue weighted by molar-refractivity contribution is 0.109. The van der Waals surface area contributed by atoms with Crippen LogP contribution in [0.4, 0.5) is 10.3 Å². The van der Waals surface area contributed by atoms with Gasteiger partial charge in [-0.2, -0.15) is 4.98 Å². The Balaban J connectivity index is 1.57. The number of anilines is 1. The van der Waals surface area contributed by atoms with E-state index < -0.39 is 6.10 Å². The van der Waals surface area contributed by atoms with Gasteiger partial charge in [-0.15, -0.1) is 0 Å². The van der Waals surface area contributed by atoms with Crippen LogP contribution in [0.15, 0.2) is 30.5 Å². The number of nitrogens with zero attached hydrogens (tertiary/aromatic N) is 4. The molecule has 6 nitrogen and oxygen atoms in total. The van der Waals surface area contributed by atoms with Crippen molar-refractivity contribution in [3.63, 3.8) is 0 Å². The van der Waals surface area contributed by atoms with Crippen LogP contribution < -0.4 is 9.64 Å². The zero-order chi connectivity index (χ0) is 17.8. The highest BCUT2D eigenvalue weighted by Crippen LogP contribution is 2.21. The number of aliphatic hydroxyl groups is 1. The number of aliphatic hydroxyl groups excluding tert-OH is 1. The smallest absolute Gasteiger partial charge is 0.228 e. The van der Waals surface area contributed by atoms with Gasteiger partial charge >= 0.3 is 0 Å². The van der Waals surface area contributed by atoms with Gasteiger partial charge in [-0.25, -0.2) is 9.37 Å². The van der Waals surface area contributed by atoms with E-state index in [-0.39, 0.29) is 5.82 Å². The van der Waals surface area contributed by atoms with Crippen molar-refractivity contribution >= 4 is 5.95 Å². The highest BCUT2D eigenvalue weighted by atomic mass is 19.1. The third kappa shape index (κ3) is 4.24. The summed E-state index contributed by atoms with van der Waals surface area (Å²) in [6, 6.07) is 6.23. The van der Waals surface area contributed by atoms with Crippen molar-refractivity contribution < 1.29 is 14.2 Å². The number of ether oxygens (including phenoxy) is 1. The molecule has 0 amide bonds. The van der Waals surface area contributed by atoms with Gasteiger partial charge in [0.2, 0.25) is 11.8 Å². The molecule has 134 valence electrons. The number of aromatic nitrogens is 2. The van der Waals surface area contributed by atoms with Crippen molar-refractivity contribution in [1.82, 2.24) is 14.9 Å². The average molecular weight is 346 g/mol. The SMILES string of the molecule is COc1ccnc(N2CCN(CC(O)c3ccc(F)cc3C)CC2)n1. The third-order valence-electron chi connectivity index (χ3n) is 4.50. The number of halogens is 1. The number of rotatable bonds is 5. The van der Waals surface area contributed by atoms with Crippen LogP contribution in [0.3, 0.4) is 0 Å². The summed E-state index contributed by atoms with van der Waals surface area (Å²) in [6.45, 7) is 5.51. The van der Waals surface area contributed by atoms with Gasteiger partial charge in [-0.05, 0) is 30.2 Å². The maximum atomic E-state index is 13.2. The fourth-order valence-electron chi connectivity index (χ4n) is 3.08. The Labute approximate surface area is 146 Å². The first kappa shape index (κ1) is 17.6. The monoisotopic (exact) mass is 346 g/mol. The van der Waals surface area contributed by atoms with Gasteiger partial charge in [0.05, 0.1) is 13.2 Å². The van der Waals surface area contributed by atoms with E-state index in [4.69, 9.17) is 4.74 Å². The van der Waals surface area contributed by atoms with Crippen molar-refractivity contribution in [2.45, 2.75) is 13.0 Å². The second kappa shape index (κ2) is 7.76. The fourth-order valence-corrected chi connectivity index (χ4v) is 3.08. The molecular weight excluding hydrogens is 323 g/mol. The number of aryl methyl sites for hydroxylation is 1. The molecule has 2 heterocycles. The van der Waals surface area contributed by atoms with Gasteiger partial charge < -0.3 is 14.7 Å². The van der Waals surface area contributed by atoms with Gasteiger partial charge in [-0.1, -0.05) is 6.07 Å². The number of methoxy groups -OCH3 is 1. The summed E-state index contributed by atoms with van der Waals surface area (Å²) in [5.74, 6) is 0.934. The summed E-state index contributed by atoms with van der Waals surface area (Å²) in [4.78, 5) is 13.0. The standard InChI is InChI=1S/C18H23FN4O2/c1-13-11-14(19)3-4-15(13)16(24)12-22-7-9-23(10-8-22)18-20-6-5-17(21-18)25-2/h3-6,11,16,24H,7-10,12H2,1-2H3. The second-order valence-corrected chi connectivity index (χ2v) is 6.20. The van der Waals surface area contributed by atoms with Crippen LogP contribution in [0, 0.1) is 12.7 Å². The van der Waals surface area contributed by atoms with Crippen LogP contribution in [0.25, 0.3) is 0 Å². The largest absolute Gasteiger partial charge is 0.481 e. The van der Waals surface area contributed by atoms with Crippen molar-refractivity contribution in [1.29, 1.82) is 0 Å². The van der Waals surface area contributed by atoms with Crippen molar-refractivity contribution in [3.05, 3.63) is 47.4 Å². The second-order valence-electron chi connectivity index (χ2n) is 6.20. The summed E-state index contributed by atoms with van der Waals surface area (Å²) in [7, 11) is 1.59. The van der Waals surface area contributed by atoms with Gasteiger partial charge in [0.25, 0.3) is 0 Å². The van der Waals surface area contributed by atoms with E-state index in [0.29, 0.717) is 18.4 Å². The molecule has 0 aliphatic carbocycles. The van der Waals surface area contributed by atoms with E-state index in [9.17, 15) is 9.50 Å². The van der Waals surface area contributed by atoms with E-state index in [0.717, 1.165) is 37.3 Å². The Hall–Kier alpha value is -2.25.